The summed E-state index contributed by atoms with van der Waals surface area (Å²) in [6.07, 6.45) is 3.37. The first-order valence-corrected chi connectivity index (χ1v) is 6.08. The van der Waals surface area contributed by atoms with E-state index >= 15 is 0 Å². The van der Waals surface area contributed by atoms with Crippen molar-refractivity contribution in [2.45, 2.75) is 19.3 Å². The molecular formula is C15H16O2. The van der Waals surface area contributed by atoms with Crippen LogP contribution >= 0.6 is 0 Å². The number of carbonyl (C=O) groups excluding carboxylic acids is 1. The Morgan fingerprint density at radius 2 is 2.18 bits per heavy atom. The zero-order chi connectivity index (χ0) is 11.9. The van der Waals surface area contributed by atoms with Crippen LogP contribution in [-0.2, 0) is 4.74 Å². The third-order valence-corrected chi connectivity index (χ3v) is 4.00. The van der Waals surface area contributed by atoms with Crippen molar-refractivity contribution in [1.82, 2.24) is 0 Å². The maximum atomic E-state index is 11.8. The Bertz CT molecular complexity index is 463. The van der Waals surface area contributed by atoms with Crippen LogP contribution in [0.5, 0.6) is 0 Å². The van der Waals surface area contributed by atoms with E-state index in [9.17, 15) is 4.79 Å². The molecule has 0 amide bonds. The van der Waals surface area contributed by atoms with Crippen LogP contribution in [0.2, 0.25) is 0 Å². The number of carbonyl (C=O) groups is 1. The number of esters is 1. The van der Waals surface area contributed by atoms with Gasteiger partial charge in [0.1, 0.15) is 0 Å². The minimum absolute atomic E-state index is 0.205. The molecule has 0 heterocycles. The van der Waals surface area contributed by atoms with Gasteiger partial charge in [0.15, 0.2) is 0 Å². The van der Waals surface area contributed by atoms with Crippen LogP contribution in [0.1, 0.15) is 29.6 Å². The molecule has 0 saturated heterocycles. The number of ether oxygens (including phenoxy) is 1. The van der Waals surface area contributed by atoms with Crippen molar-refractivity contribution in [2.75, 3.05) is 6.61 Å². The molecule has 1 aromatic rings. The maximum Gasteiger partial charge on any atom is 0.338 e. The van der Waals surface area contributed by atoms with Gasteiger partial charge in [0.2, 0.25) is 0 Å². The summed E-state index contributed by atoms with van der Waals surface area (Å²) in [6.45, 7) is 4.58. The molecule has 2 atom stereocenters. The molecule has 2 heteroatoms. The Morgan fingerprint density at radius 1 is 1.41 bits per heavy atom. The van der Waals surface area contributed by atoms with Gasteiger partial charge >= 0.3 is 5.97 Å². The highest BCUT2D eigenvalue weighted by Gasteiger charge is 2.58. The zero-order valence-electron chi connectivity index (χ0n) is 9.82. The highest BCUT2D eigenvalue weighted by molar-refractivity contribution is 5.89. The smallest absolute Gasteiger partial charge is 0.338 e. The Morgan fingerprint density at radius 3 is 2.82 bits per heavy atom. The van der Waals surface area contributed by atoms with Gasteiger partial charge in [-0.25, -0.2) is 4.79 Å². The van der Waals surface area contributed by atoms with Crippen molar-refractivity contribution >= 4 is 5.97 Å². The van der Waals surface area contributed by atoms with Crippen LogP contribution < -0.4 is 0 Å². The quantitative estimate of drug-likeness (QED) is 0.586. The fraction of sp³-hybridized carbons (Fsp3) is 0.400. The van der Waals surface area contributed by atoms with Gasteiger partial charge in [-0.1, -0.05) is 30.4 Å². The number of hydrogen-bond acceptors (Lipinski definition) is 2. The van der Waals surface area contributed by atoms with E-state index in [2.05, 4.69) is 6.58 Å². The zero-order valence-corrected chi connectivity index (χ0v) is 9.82. The van der Waals surface area contributed by atoms with E-state index in [-0.39, 0.29) is 11.4 Å². The van der Waals surface area contributed by atoms with E-state index in [0.29, 0.717) is 12.2 Å². The molecule has 2 aliphatic rings. The molecule has 2 aliphatic carbocycles. The lowest BCUT2D eigenvalue weighted by molar-refractivity contribution is 0.0413. The molecule has 1 aromatic carbocycles. The number of allylic oxidation sites excluding steroid dienone is 1. The van der Waals surface area contributed by atoms with E-state index in [1.807, 2.05) is 18.2 Å². The predicted octanol–water partition coefficient (Wildman–Crippen LogP) is 3.20. The molecule has 0 aliphatic heterocycles. The lowest BCUT2D eigenvalue weighted by Crippen LogP contribution is -2.15. The minimum atomic E-state index is -0.205. The first-order valence-electron chi connectivity index (χ1n) is 6.08. The van der Waals surface area contributed by atoms with Crippen LogP contribution in [0.3, 0.4) is 0 Å². The van der Waals surface area contributed by atoms with Gasteiger partial charge in [0.05, 0.1) is 12.2 Å². The van der Waals surface area contributed by atoms with Crippen molar-refractivity contribution < 1.29 is 9.53 Å². The van der Waals surface area contributed by atoms with E-state index in [4.69, 9.17) is 4.74 Å². The molecule has 0 unspecified atom stereocenters. The fourth-order valence-electron chi connectivity index (χ4n) is 2.95. The molecule has 2 saturated carbocycles. The first-order chi connectivity index (χ1) is 8.20. The Balaban J connectivity index is 1.59. The van der Waals surface area contributed by atoms with Crippen molar-refractivity contribution in [3.05, 3.63) is 48.0 Å². The van der Waals surface area contributed by atoms with Crippen LogP contribution in [0.15, 0.2) is 42.5 Å². The predicted molar refractivity (Wildman–Crippen MR) is 65.6 cm³/mol. The Kier molecular flexibility index (Phi) is 2.32. The normalized spacial score (nSPS) is 29.9. The van der Waals surface area contributed by atoms with Crippen LogP contribution in [0.25, 0.3) is 0 Å². The van der Waals surface area contributed by atoms with Crippen molar-refractivity contribution in [1.29, 1.82) is 0 Å². The summed E-state index contributed by atoms with van der Waals surface area (Å²) in [5.74, 6) is 0.515. The first kappa shape index (κ1) is 10.6. The van der Waals surface area contributed by atoms with E-state index in [1.54, 1.807) is 12.1 Å². The number of rotatable bonds is 3. The van der Waals surface area contributed by atoms with E-state index in [1.165, 1.54) is 12.0 Å². The third kappa shape index (κ3) is 1.88. The molecule has 2 fully saturated rings. The molecule has 88 valence electrons. The summed E-state index contributed by atoms with van der Waals surface area (Å²) in [4.78, 5) is 11.8. The van der Waals surface area contributed by atoms with Crippen LogP contribution in [-0.4, -0.2) is 12.6 Å². The van der Waals surface area contributed by atoms with Crippen LogP contribution in [0, 0.1) is 11.3 Å². The molecule has 17 heavy (non-hydrogen) atoms. The Hall–Kier alpha value is -1.57. The topological polar surface area (TPSA) is 26.3 Å². The molecule has 0 radical (unpaired) electrons. The second kappa shape index (κ2) is 3.73. The number of benzene rings is 1. The molecule has 0 aromatic heterocycles. The average Bonchev–Trinajstić information content (AvgIpc) is 2.90. The van der Waals surface area contributed by atoms with Gasteiger partial charge in [0, 0.05) is 5.41 Å². The van der Waals surface area contributed by atoms with Crippen LogP contribution in [0.4, 0.5) is 0 Å². The summed E-state index contributed by atoms with van der Waals surface area (Å²) in [7, 11) is 0. The summed E-state index contributed by atoms with van der Waals surface area (Å²) in [5.41, 5.74) is 2.21. The Labute approximate surface area is 101 Å². The highest BCUT2D eigenvalue weighted by atomic mass is 16.5. The molecule has 0 bridgehead atoms. The van der Waals surface area contributed by atoms with Gasteiger partial charge in [-0.15, -0.1) is 0 Å². The third-order valence-electron chi connectivity index (χ3n) is 4.00. The average molecular weight is 228 g/mol. The number of fused-ring (bicyclic) bond motifs is 1. The number of hydrogen-bond donors (Lipinski definition) is 0. The molecule has 2 nitrogen and oxygen atoms in total. The summed E-state index contributed by atoms with van der Waals surface area (Å²) < 4.78 is 5.42. The van der Waals surface area contributed by atoms with Gasteiger partial charge in [0.25, 0.3) is 0 Å². The monoisotopic (exact) mass is 228 g/mol. The second-order valence-electron chi connectivity index (χ2n) is 5.34. The van der Waals surface area contributed by atoms with Gasteiger partial charge in [-0.3, -0.25) is 0 Å². The lowest BCUT2D eigenvalue weighted by atomic mass is 10.0. The lowest BCUT2D eigenvalue weighted by Gasteiger charge is -2.12. The molecule has 0 N–H and O–H groups in total. The second-order valence-corrected chi connectivity index (χ2v) is 5.34. The van der Waals surface area contributed by atoms with Crippen molar-refractivity contribution in [3.8, 4) is 0 Å². The summed E-state index contributed by atoms with van der Waals surface area (Å²) in [5, 5.41) is 0. The summed E-state index contributed by atoms with van der Waals surface area (Å²) >= 11 is 0. The fourth-order valence-corrected chi connectivity index (χ4v) is 2.95. The van der Waals surface area contributed by atoms with Gasteiger partial charge < -0.3 is 4.74 Å². The SMILES string of the molecule is C=C1C[C@@H]2C[C@]2(COC(=O)c2ccccc2)C1. The molecular weight excluding hydrogens is 212 g/mol. The highest BCUT2D eigenvalue weighted by Crippen LogP contribution is 2.64. The maximum absolute atomic E-state index is 11.8. The van der Waals surface area contributed by atoms with Crippen molar-refractivity contribution in [3.63, 3.8) is 0 Å². The molecule has 3 rings (SSSR count). The minimum Gasteiger partial charge on any atom is -0.461 e. The van der Waals surface area contributed by atoms with Gasteiger partial charge in [-0.2, -0.15) is 0 Å². The van der Waals surface area contributed by atoms with Gasteiger partial charge in [-0.05, 0) is 37.3 Å². The van der Waals surface area contributed by atoms with E-state index in [0.717, 1.165) is 18.8 Å². The largest absolute Gasteiger partial charge is 0.461 e. The summed E-state index contributed by atoms with van der Waals surface area (Å²) in [6, 6.07) is 9.18. The molecule has 0 spiro atoms. The standard InChI is InChI=1S/C15H16O2/c1-11-7-13-9-15(13,8-11)10-17-14(16)12-5-3-2-4-6-12/h2-6,13H,1,7-10H2/t13-,15+/m1/s1. The van der Waals surface area contributed by atoms with E-state index < -0.39 is 0 Å². The van der Waals surface area contributed by atoms with Crippen molar-refractivity contribution in [2.24, 2.45) is 11.3 Å².